The normalized spacial score (nSPS) is 16.1. The molecule has 1 unspecified atom stereocenters. The van der Waals surface area contributed by atoms with E-state index in [2.05, 4.69) is 4.98 Å². The lowest BCUT2D eigenvalue weighted by atomic mass is 10.2. The monoisotopic (exact) mass is 577 g/mol. The second-order valence-corrected chi connectivity index (χ2v) is 12.3. The summed E-state index contributed by atoms with van der Waals surface area (Å²) in [5.41, 5.74) is 2.39. The Bertz CT molecular complexity index is 1750. The molecule has 0 spiro atoms. The molecule has 6 rings (SSSR count). The number of thiophene rings is 1. The molecule has 0 radical (unpaired) electrons. The maximum atomic E-state index is 13.7. The number of hydrogen-bond acceptors (Lipinski definition) is 7. The zero-order valence-corrected chi connectivity index (χ0v) is 22.6. The summed E-state index contributed by atoms with van der Waals surface area (Å²) in [5.74, 6) is -0.679. The van der Waals surface area contributed by atoms with Crippen LogP contribution >= 0.6 is 22.9 Å². The van der Waals surface area contributed by atoms with E-state index < -0.39 is 27.9 Å². The number of fused-ring (bicyclic) bond motifs is 1. The van der Waals surface area contributed by atoms with Crippen LogP contribution in [0.1, 0.15) is 11.3 Å². The lowest BCUT2D eigenvalue weighted by Crippen LogP contribution is -2.44. The van der Waals surface area contributed by atoms with Crippen molar-refractivity contribution in [3.05, 3.63) is 100 Å². The van der Waals surface area contributed by atoms with Gasteiger partial charge in [-0.15, -0.1) is 11.3 Å². The van der Waals surface area contributed by atoms with Crippen molar-refractivity contribution in [3.8, 4) is 11.5 Å². The number of para-hydroxylation sites is 2. The van der Waals surface area contributed by atoms with Crippen LogP contribution in [-0.4, -0.2) is 35.6 Å². The Kier molecular flexibility index (Phi) is 6.56. The molecule has 0 aliphatic carbocycles. The van der Waals surface area contributed by atoms with E-state index in [4.69, 9.17) is 16.0 Å². The number of imide groups is 1. The van der Waals surface area contributed by atoms with Crippen molar-refractivity contribution in [2.24, 2.45) is 0 Å². The zero-order valence-electron chi connectivity index (χ0n) is 20.2. The van der Waals surface area contributed by atoms with Gasteiger partial charge in [0.2, 0.25) is 21.8 Å². The van der Waals surface area contributed by atoms with E-state index in [1.165, 1.54) is 35.6 Å². The minimum Gasteiger partial charge on any atom is -0.436 e. The van der Waals surface area contributed by atoms with Crippen LogP contribution in [0, 0.1) is 0 Å². The first-order valence-electron chi connectivity index (χ1n) is 11.9. The highest BCUT2D eigenvalue weighted by molar-refractivity contribution is 7.89. The van der Waals surface area contributed by atoms with Crippen molar-refractivity contribution >= 4 is 61.6 Å². The lowest BCUT2D eigenvalue weighted by molar-refractivity contribution is -0.122. The zero-order chi connectivity index (χ0) is 27.1. The molecule has 1 fully saturated rings. The van der Waals surface area contributed by atoms with Crippen molar-refractivity contribution < 1.29 is 22.4 Å². The predicted octanol–water partition coefficient (Wildman–Crippen LogP) is 5.73. The van der Waals surface area contributed by atoms with Gasteiger partial charge in [0.15, 0.2) is 5.58 Å². The van der Waals surface area contributed by atoms with E-state index in [0.29, 0.717) is 27.7 Å². The average Bonchev–Trinajstić information content (AvgIpc) is 3.67. The molecule has 1 aliphatic rings. The highest BCUT2D eigenvalue weighted by Crippen LogP contribution is 2.33. The number of nitrogens with zero attached hydrogens (tertiary/aromatic N) is 3. The number of rotatable bonds is 7. The molecule has 2 amide bonds. The van der Waals surface area contributed by atoms with Crippen LogP contribution in [0.3, 0.4) is 0 Å². The van der Waals surface area contributed by atoms with Gasteiger partial charge < -0.3 is 4.42 Å². The first-order chi connectivity index (χ1) is 18.8. The summed E-state index contributed by atoms with van der Waals surface area (Å²) >= 11 is 7.33. The molecular weight excluding hydrogens is 558 g/mol. The van der Waals surface area contributed by atoms with Gasteiger partial charge in [-0.1, -0.05) is 29.8 Å². The van der Waals surface area contributed by atoms with Gasteiger partial charge in [0.05, 0.1) is 17.0 Å². The summed E-state index contributed by atoms with van der Waals surface area (Å²) in [7, 11) is -4.13. The van der Waals surface area contributed by atoms with Gasteiger partial charge in [-0.05, 0) is 72.1 Å². The average molecular weight is 578 g/mol. The summed E-state index contributed by atoms with van der Waals surface area (Å²) in [6, 6.07) is 22.2. The lowest BCUT2D eigenvalue weighted by Gasteiger charge is -2.26. The molecule has 0 bridgehead atoms. The van der Waals surface area contributed by atoms with Crippen LogP contribution in [0.25, 0.3) is 22.6 Å². The minimum absolute atomic E-state index is 0.00940. The largest absolute Gasteiger partial charge is 0.436 e. The Morgan fingerprint density at radius 2 is 1.72 bits per heavy atom. The number of aromatic nitrogens is 1. The summed E-state index contributed by atoms with van der Waals surface area (Å²) < 4.78 is 34.3. The first-order valence-corrected chi connectivity index (χ1v) is 14.6. The van der Waals surface area contributed by atoms with E-state index in [-0.39, 0.29) is 17.9 Å². The number of anilines is 1. The van der Waals surface area contributed by atoms with Gasteiger partial charge in [0.1, 0.15) is 11.6 Å². The van der Waals surface area contributed by atoms with E-state index in [9.17, 15) is 18.0 Å². The molecule has 8 nitrogen and oxygen atoms in total. The Morgan fingerprint density at radius 1 is 0.974 bits per heavy atom. The highest BCUT2D eigenvalue weighted by atomic mass is 35.5. The van der Waals surface area contributed by atoms with E-state index in [1.807, 2.05) is 29.6 Å². The number of carbonyl (C=O) groups excluding carboxylic acids is 2. The van der Waals surface area contributed by atoms with Crippen LogP contribution in [0.5, 0.6) is 0 Å². The van der Waals surface area contributed by atoms with Crippen molar-refractivity contribution in [3.63, 3.8) is 0 Å². The van der Waals surface area contributed by atoms with Crippen molar-refractivity contribution in [2.75, 3.05) is 4.90 Å². The van der Waals surface area contributed by atoms with E-state index in [1.54, 1.807) is 36.4 Å². The topological polar surface area (TPSA) is 101 Å². The molecule has 2 aromatic heterocycles. The number of benzene rings is 3. The van der Waals surface area contributed by atoms with Crippen LogP contribution in [-0.2, 0) is 26.2 Å². The maximum Gasteiger partial charge on any atom is 0.252 e. The standard InChI is InChI=1S/C28H20ClN3O5S2/c29-19-9-13-22(14-10-19)39(35,36)31(17-21-4-3-15-38-21)24-16-26(33)32(28(24)34)20-11-7-18(8-12-20)27-30-23-5-1-2-6-25(23)37-27/h1-15,24H,16-17H2. The molecule has 1 atom stereocenters. The van der Waals surface area contributed by atoms with Gasteiger partial charge in [0.25, 0.3) is 5.91 Å². The molecule has 1 aliphatic heterocycles. The van der Waals surface area contributed by atoms with Crippen LogP contribution in [0.2, 0.25) is 5.02 Å². The molecule has 3 heterocycles. The highest BCUT2D eigenvalue weighted by Gasteiger charge is 2.47. The summed E-state index contributed by atoms with van der Waals surface area (Å²) in [6.07, 6.45) is -0.274. The number of amides is 2. The third kappa shape index (κ3) is 4.76. The second kappa shape index (κ2) is 10.0. The van der Waals surface area contributed by atoms with Crippen molar-refractivity contribution in [1.29, 1.82) is 0 Å². The molecule has 3 aromatic carbocycles. The molecule has 5 aromatic rings. The molecule has 0 N–H and O–H groups in total. The van der Waals surface area contributed by atoms with E-state index in [0.717, 1.165) is 19.6 Å². The second-order valence-electron chi connectivity index (χ2n) is 8.90. The van der Waals surface area contributed by atoms with Crippen molar-refractivity contribution in [2.45, 2.75) is 23.9 Å². The molecule has 196 valence electrons. The molecular formula is C28H20ClN3O5S2. The Morgan fingerprint density at radius 3 is 2.41 bits per heavy atom. The van der Waals surface area contributed by atoms with E-state index >= 15 is 0 Å². The quantitative estimate of drug-likeness (QED) is 0.229. The Balaban J connectivity index is 1.31. The third-order valence-electron chi connectivity index (χ3n) is 6.45. The minimum atomic E-state index is -4.13. The van der Waals surface area contributed by atoms with Crippen LogP contribution in [0.4, 0.5) is 5.69 Å². The SMILES string of the molecule is O=C1CC(N(Cc2cccs2)S(=O)(=O)c2ccc(Cl)cc2)C(=O)N1c1ccc(-c2nc3ccccc3o2)cc1. The number of oxazole rings is 1. The number of sulfonamides is 1. The summed E-state index contributed by atoms with van der Waals surface area (Å²) in [4.78, 5) is 33.0. The number of halogens is 1. The van der Waals surface area contributed by atoms with Gasteiger partial charge in [-0.3, -0.25) is 9.59 Å². The molecule has 1 saturated heterocycles. The van der Waals surface area contributed by atoms with Crippen molar-refractivity contribution in [1.82, 2.24) is 9.29 Å². The van der Waals surface area contributed by atoms with Gasteiger partial charge in [-0.2, -0.15) is 4.31 Å². The van der Waals surface area contributed by atoms with Gasteiger partial charge in [-0.25, -0.2) is 18.3 Å². The maximum absolute atomic E-state index is 13.7. The number of carbonyl (C=O) groups is 2. The summed E-state index contributed by atoms with van der Waals surface area (Å²) in [6.45, 7) is -0.0448. The molecule has 39 heavy (non-hydrogen) atoms. The van der Waals surface area contributed by atoms with Gasteiger partial charge in [0, 0.05) is 22.0 Å². The summed E-state index contributed by atoms with van der Waals surface area (Å²) in [5, 5.41) is 2.22. The fourth-order valence-corrected chi connectivity index (χ4v) is 6.99. The fraction of sp³-hybridized carbons (Fsp3) is 0.107. The fourth-order valence-electron chi connectivity index (χ4n) is 4.52. The third-order valence-corrected chi connectivity index (χ3v) is 9.43. The Hall–Kier alpha value is -3.83. The number of hydrogen-bond donors (Lipinski definition) is 0. The van der Waals surface area contributed by atoms with Crippen LogP contribution in [0.15, 0.2) is 99.6 Å². The first kappa shape index (κ1) is 25.4. The van der Waals surface area contributed by atoms with Gasteiger partial charge >= 0.3 is 0 Å². The smallest absolute Gasteiger partial charge is 0.252 e. The molecule has 11 heteroatoms. The molecule has 0 saturated carbocycles. The predicted molar refractivity (Wildman–Crippen MR) is 149 cm³/mol. The van der Waals surface area contributed by atoms with Crippen LogP contribution < -0.4 is 4.90 Å². The Labute approximate surface area is 233 Å².